The van der Waals surface area contributed by atoms with E-state index in [-0.39, 0.29) is 0 Å². The number of benzene rings is 6. The van der Waals surface area contributed by atoms with Crippen LogP contribution >= 0.6 is 22.7 Å². The Balaban J connectivity index is 1.15. The minimum atomic E-state index is 0.988. The van der Waals surface area contributed by atoms with Crippen molar-refractivity contribution in [2.75, 3.05) is 0 Å². The van der Waals surface area contributed by atoms with Crippen LogP contribution in [-0.2, 0) is 0 Å². The number of aromatic nitrogens is 2. The van der Waals surface area contributed by atoms with E-state index in [0.717, 1.165) is 39.5 Å². The molecule has 6 aromatic carbocycles. The van der Waals surface area contributed by atoms with Gasteiger partial charge in [-0.15, -0.1) is 22.7 Å². The van der Waals surface area contributed by atoms with E-state index in [2.05, 4.69) is 135 Å². The van der Waals surface area contributed by atoms with Crippen molar-refractivity contribution in [3.63, 3.8) is 0 Å². The smallest absolute Gasteiger partial charge is 0.124 e. The first-order valence-electron chi connectivity index (χ1n) is 15.8. The van der Waals surface area contributed by atoms with E-state index in [1.807, 2.05) is 11.3 Å². The number of hydrogen-bond donors (Lipinski definition) is 0. The minimum absolute atomic E-state index is 0.988. The molecule has 2 heterocycles. The summed E-state index contributed by atoms with van der Waals surface area (Å²) in [6.45, 7) is 4.28. The van der Waals surface area contributed by atoms with Gasteiger partial charge >= 0.3 is 0 Å². The predicted octanol–water partition coefficient (Wildman–Crippen LogP) is 12.4. The molecule has 0 atom stereocenters. The Hall–Kier alpha value is -4.90. The summed E-state index contributed by atoms with van der Waals surface area (Å²) in [5, 5.41) is 7.40. The molecule has 2 nitrogen and oxygen atoms in total. The van der Waals surface area contributed by atoms with Gasteiger partial charge in [-0.25, -0.2) is 9.97 Å². The number of thiazole rings is 2. The van der Waals surface area contributed by atoms with Gasteiger partial charge in [-0.1, -0.05) is 97.1 Å². The van der Waals surface area contributed by atoms with E-state index < -0.39 is 0 Å². The van der Waals surface area contributed by atoms with Crippen LogP contribution in [0.15, 0.2) is 121 Å². The zero-order chi connectivity index (χ0) is 30.8. The van der Waals surface area contributed by atoms with Gasteiger partial charge in [-0.2, -0.15) is 0 Å². The molecule has 0 bridgehead atoms. The maximum Gasteiger partial charge on any atom is 0.124 e. The summed E-state index contributed by atoms with van der Waals surface area (Å²) < 4.78 is 2.50. The van der Waals surface area contributed by atoms with Gasteiger partial charge in [-0.05, 0) is 111 Å². The molecule has 46 heavy (non-hydrogen) atoms. The quantitative estimate of drug-likeness (QED) is 0.182. The Bertz CT molecular complexity index is 2490. The Kier molecular flexibility index (Phi) is 6.48. The first-order valence-corrected chi connectivity index (χ1v) is 17.4. The van der Waals surface area contributed by atoms with E-state index in [0.29, 0.717) is 0 Å². The van der Waals surface area contributed by atoms with E-state index in [1.54, 1.807) is 11.3 Å². The lowest BCUT2D eigenvalue weighted by Crippen LogP contribution is -1.97. The summed E-state index contributed by atoms with van der Waals surface area (Å²) in [5.74, 6) is 0. The maximum atomic E-state index is 4.98. The van der Waals surface area contributed by atoms with E-state index in [9.17, 15) is 0 Å². The second-order valence-electron chi connectivity index (χ2n) is 12.3. The van der Waals surface area contributed by atoms with Gasteiger partial charge in [0.05, 0.1) is 20.4 Å². The third-order valence-corrected chi connectivity index (χ3v) is 11.3. The summed E-state index contributed by atoms with van der Waals surface area (Å²) in [5.41, 5.74) is 12.5. The van der Waals surface area contributed by atoms with Gasteiger partial charge in [0.1, 0.15) is 10.0 Å². The molecule has 8 aromatic rings. The van der Waals surface area contributed by atoms with Crippen molar-refractivity contribution in [1.82, 2.24) is 9.97 Å². The lowest BCUT2D eigenvalue weighted by molar-refractivity contribution is 1.07. The summed E-state index contributed by atoms with van der Waals surface area (Å²) in [7, 11) is 0. The topological polar surface area (TPSA) is 25.8 Å². The van der Waals surface area contributed by atoms with E-state index in [1.165, 1.54) is 69.9 Å². The molecule has 1 aliphatic rings. The van der Waals surface area contributed by atoms with Crippen molar-refractivity contribution in [3.8, 4) is 21.7 Å². The molecule has 4 heteroatoms. The number of hydrogen-bond acceptors (Lipinski definition) is 4. The zero-order valence-corrected chi connectivity index (χ0v) is 27.3. The lowest BCUT2D eigenvalue weighted by atomic mass is 9.83. The molecule has 0 amide bonds. The van der Waals surface area contributed by atoms with Crippen LogP contribution in [0, 0.1) is 13.8 Å². The molecule has 0 spiro atoms. The Morgan fingerprint density at radius 2 is 0.957 bits per heavy atom. The fourth-order valence-corrected chi connectivity index (χ4v) is 9.10. The largest absolute Gasteiger partial charge is 0.236 e. The minimum Gasteiger partial charge on any atom is -0.236 e. The van der Waals surface area contributed by atoms with Gasteiger partial charge in [-0.3, -0.25) is 0 Å². The van der Waals surface area contributed by atoms with Gasteiger partial charge in [0.25, 0.3) is 0 Å². The molecule has 1 aliphatic carbocycles. The van der Waals surface area contributed by atoms with E-state index >= 15 is 0 Å². The predicted molar refractivity (Wildman–Crippen MR) is 200 cm³/mol. The van der Waals surface area contributed by atoms with Crippen LogP contribution in [0.3, 0.4) is 0 Å². The fraction of sp³-hybridized carbons (Fsp3) is 0.0952. The van der Waals surface area contributed by atoms with Gasteiger partial charge in [0.15, 0.2) is 0 Å². The molecule has 9 rings (SSSR count). The second-order valence-corrected chi connectivity index (χ2v) is 14.3. The molecular formula is C42H30N2S2. The summed E-state index contributed by atoms with van der Waals surface area (Å²) in [6, 6.07) is 39.9. The third kappa shape index (κ3) is 4.60. The molecular weight excluding hydrogens is 597 g/mol. The molecule has 0 saturated heterocycles. The Morgan fingerprint density at radius 1 is 0.478 bits per heavy atom. The third-order valence-electron chi connectivity index (χ3n) is 9.19. The van der Waals surface area contributed by atoms with Gasteiger partial charge < -0.3 is 0 Å². The summed E-state index contributed by atoms with van der Waals surface area (Å²) >= 11 is 3.57. The van der Waals surface area contributed by atoms with Crippen LogP contribution in [0.25, 0.3) is 74.8 Å². The average molecular weight is 627 g/mol. The summed E-state index contributed by atoms with van der Waals surface area (Å²) in [6.07, 6.45) is 6.63. The number of allylic oxidation sites excluding steroid dienone is 4. The van der Waals surface area contributed by atoms with Crippen LogP contribution in [0.2, 0.25) is 0 Å². The van der Waals surface area contributed by atoms with Crippen LogP contribution in [0.5, 0.6) is 0 Å². The van der Waals surface area contributed by atoms with E-state index in [4.69, 9.17) is 9.97 Å². The number of nitrogens with zero attached hydrogens (tertiary/aromatic N) is 2. The van der Waals surface area contributed by atoms with Crippen molar-refractivity contribution < 1.29 is 0 Å². The molecule has 220 valence electrons. The first-order chi connectivity index (χ1) is 22.6. The van der Waals surface area contributed by atoms with Crippen LogP contribution in [-0.4, -0.2) is 9.97 Å². The first kappa shape index (κ1) is 27.4. The highest BCUT2D eigenvalue weighted by molar-refractivity contribution is 7.21. The van der Waals surface area contributed by atoms with Crippen molar-refractivity contribution in [2.24, 2.45) is 0 Å². The molecule has 0 saturated carbocycles. The second kappa shape index (κ2) is 10.9. The van der Waals surface area contributed by atoms with Crippen LogP contribution in [0.1, 0.15) is 34.5 Å². The lowest BCUT2D eigenvalue weighted by Gasteiger charge is -2.21. The Morgan fingerprint density at radius 3 is 1.52 bits per heavy atom. The van der Waals surface area contributed by atoms with Crippen LogP contribution < -0.4 is 0 Å². The van der Waals surface area contributed by atoms with Crippen molar-refractivity contribution in [3.05, 3.63) is 143 Å². The number of fused-ring (bicyclic) bond motifs is 4. The molecule has 0 unspecified atom stereocenters. The van der Waals surface area contributed by atoms with Gasteiger partial charge in [0.2, 0.25) is 0 Å². The maximum absolute atomic E-state index is 4.98. The fourth-order valence-electron chi connectivity index (χ4n) is 6.91. The molecule has 0 N–H and O–H groups in total. The Labute approximate surface area is 276 Å². The highest BCUT2D eigenvalue weighted by atomic mass is 32.1. The highest BCUT2D eigenvalue weighted by Crippen LogP contribution is 2.45. The van der Waals surface area contributed by atoms with Crippen molar-refractivity contribution in [2.45, 2.75) is 26.7 Å². The van der Waals surface area contributed by atoms with Crippen molar-refractivity contribution >= 4 is 75.8 Å². The number of rotatable bonds is 4. The monoisotopic (exact) mass is 626 g/mol. The molecule has 0 aliphatic heterocycles. The standard InChI is InChI=1S/C42H30N2S2/c1-25-11-21-35-37(23-25)45-41(43-35)29-17-13-27(14-18-29)39-31-7-3-5-9-33(31)40(34-10-6-4-8-32(34)39)28-15-19-30(20-16-28)42-44-36-22-12-26(2)24-38(36)46-42/h3-15,17-19,21-24H,16,20H2,1-2H3. The SMILES string of the molecule is Cc1ccc2nc(C3=CC=C(c4c5ccccc5c(-c5ccc(-c6nc7ccc(C)cc7s6)cc5)c5ccccc45)CC3)sc2c1. The van der Waals surface area contributed by atoms with Crippen LogP contribution in [0.4, 0.5) is 0 Å². The molecule has 2 aromatic heterocycles. The van der Waals surface area contributed by atoms with Crippen molar-refractivity contribution in [1.29, 1.82) is 0 Å². The number of aryl methyl sites for hydroxylation is 2. The average Bonchev–Trinajstić information content (AvgIpc) is 3.71. The molecule has 0 fully saturated rings. The summed E-state index contributed by atoms with van der Waals surface area (Å²) in [4.78, 5) is 9.91. The van der Waals surface area contributed by atoms with Gasteiger partial charge in [0, 0.05) is 5.56 Å². The zero-order valence-electron chi connectivity index (χ0n) is 25.7. The molecule has 0 radical (unpaired) electrons. The highest BCUT2D eigenvalue weighted by Gasteiger charge is 2.20. The normalized spacial score (nSPS) is 13.5.